The van der Waals surface area contributed by atoms with E-state index in [9.17, 15) is 9.59 Å². The quantitative estimate of drug-likeness (QED) is 0.486. The Kier molecular flexibility index (Phi) is 3.87. The monoisotopic (exact) mass is 150 g/mol. The van der Waals surface area contributed by atoms with E-state index in [2.05, 4.69) is 9.47 Å². The summed E-state index contributed by atoms with van der Waals surface area (Å²) in [4.78, 5) is 20.4. The third-order valence-electron chi connectivity index (χ3n) is 0.500. The van der Waals surface area contributed by atoms with Gasteiger partial charge in [0.2, 0.25) is 0 Å². The molecular formula is C4H6O4S. The van der Waals surface area contributed by atoms with Crippen molar-refractivity contribution in [3.05, 3.63) is 0 Å². The lowest BCUT2D eigenvalue weighted by Gasteiger charge is -1.93. The lowest BCUT2D eigenvalue weighted by atomic mass is 11.4. The Hall–Kier alpha value is -0.710. The van der Waals surface area contributed by atoms with E-state index in [1.165, 1.54) is 14.2 Å². The SMILES string of the molecule is COC(=O)SC(=O)OC. The first kappa shape index (κ1) is 8.29. The molecule has 0 amide bonds. The zero-order valence-corrected chi connectivity index (χ0v) is 5.86. The fourth-order valence-electron chi connectivity index (χ4n) is 0.151. The van der Waals surface area contributed by atoms with Gasteiger partial charge in [0.05, 0.1) is 26.0 Å². The normalized spacial score (nSPS) is 8.22. The van der Waals surface area contributed by atoms with Crippen molar-refractivity contribution in [1.82, 2.24) is 0 Å². The minimum absolute atomic E-state index is 0.377. The van der Waals surface area contributed by atoms with Gasteiger partial charge in [-0.05, 0) is 0 Å². The standard InChI is InChI=1S/C4H6O4S/c1-7-3(5)9-4(6)8-2/h1-2H3. The highest BCUT2D eigenvalue weighted by Gasteiger charge is 2.08. The molecular weight excluding hydrogens is 144 g/mol. The zero-order chi connectivity index (χ0) is 7.28. The molecule has 0 fully saturated rings. The number of ether oxygens (including phenoxy) is 2. The molecule has 0 saturated heterocycles. The second kappa shape index (κ2) is 4.20. The number of carbonyl (C=O) groups excluding carboxylic acids is 2. The molecule has 0 N–H and O–H groups in total. The molecule has 0 aromatic heterocycles. The second-order valence-corrected chi connectivity index (χ2v) is 1.88. The molecule has 0 heterocycles. The molecule has 4 nitrogen and oxygen atoms in total. The van der Waals surface area contributed by atoms with E-state index in [0.29, 0.717) is 11.8 Å². The van der Waals surface area contributed by atoms with Crippen LogP contribution in [-0.2, 0) is 9.47 Å². The van der Waals surface area contributed by atoms with E-state index in [1.807, 2.05) is 0 Å². The molecule has 5 heteroatoms. The minimum Gasteiger partial charge on any atom is -0.460 e. The van der Waals surface area contributed by atoms with Crippen LogP contribution in [0.2, 0.25) is 0 Å². The molecule has 0 spiro atoms. The number of hydrogen-bond acceptors (Lipinski definition) is 5. The molecule has 0 atom stereocenters. The van der Waals surface area contributed by atoms with Crippen molar-refractivity contribution in [2.75, 3.05) is 14.2 Å². The number of rotatable bonds is 0. The van der Waals surface area contributed by atoms with Crippen molar-refractivity contribution in [3.63, 3.8) is 0 Å². The van der Waals surface area contributed by atoms with Gasteiger partial charge in [-0.1, -0.05) is 0 Å². The first-order valence-corrected chi connectivity index (χ1v) is 2.86. The number of methoxy groups -OCH3 is 2. The van der Waals surface area contributed by atoms with E-state index in [4.69, 9.17) is 0 Å². The molecule has 52 valence electrons. The van der Waals surface area contributed by atoms with Gasteiger partial charge in [0.25, 0.3) is 0 Å². The predicted molar refractivity (Wildman–Crippen MR) is 32.4 cm³/mol. The van der Waals surface area contributed by atoms with Crippen molar-refractivity contribution >= 4 is 22.4 Å². The van der Waals surface area contributed by atoms with Crippen molar-refractivity contribution in [1.29, 1.82) is 0 Å². The summed E-state index contributed by atoms with van der Waals surface area (Å²) in [5.41, 5.74) is 0. The smallest absolute Gasteiger partial charge is 0.378 e. The van der Waals surface area contributed by atoms with Gasteiger partial charge in [-0.3, -0.25) is 0 Å². The van der Waals surface area contributed by atoms with Crippen LogP contribution in [0.15, 0.2) is 0 Å². The molecule has 0 bridgehead atoms. The van der Waals surface area contributed by atoms with Crippen LogP contribution in [0, 0.1) is 0 Å². The van der Waals surface area contributed by atoms with Gasteiger partial charge in [0.1, 0.15) is 0 Å². The van der Waals surface area contributed by atoms with Crippen molar-refractivity contribution < 1.29 is 19.1 Å². The first-order chi connectivity index (χ1) is 4.20. The average molecular weight is 150 g/mol. The Morgan fingerprint density at radius 3 is 1.67 bits per heavy atom. The molecule has 0 unspecified atom stereocenters. The fraction of sp³-hybridized carbons (Fsp3) is 0.500. The maximum atomic E-state index is 10.2. The molecule has 0 aliphatic carbocycles. The van der Waals surface area contributed by atoms with Crippen LogP contribution in [0.4, 0.5) is 9.59 Å². The molecule has 0 rings (SSSR count). The summed E-state index contributed by atoms with van der Waals surface area (Å²) in [7, 11) is 2.39. The second-order valence-electron chi connectivity index (χ2n) is 1.01. The van der Waals surface area contributed by atoms with Crippen LogP contribution < -0.4 is 0 Å². The number of hydrogen-bond donors (Lipinski definition) is 0. The lowest BCUT2D eigenvalue weighted by molar-refractivity contribution is 0.194. The van der Waals surface area contributed by atoms with Crippen LogP contribution in [0.5, 0.6) is 0 Å². The van der Waals surface area contributed by atoms with Gasteiger partial charge >= 0.3 is 10.6 Å². The van der Waals surface area contributed by atoms with E-state index in [-0.39, 0.29) is 0 Å². The van der Waals surface area contributed by atoms with Crippen molar-refractivity contribution in [2.45, 2.75) is 0 Å². The summed E-state index contributed by atoms with van der Waals surface area (Å²) < 4.78 is 8.29. The molecule has 0 aromatic carbocycles. The molecule has 0 aliphatic heterocycles. The van der Waals surface area contributed by atoms with Crippen LogP contribution in [0.3, 0.4) is 0 Å². The largest absolute Gasteiger partial charge is 0.460 e. The van der Waals surface area contributed by atoms with Crippen molar-refractivity contribution in [3.8, 4) is 0 Å². The summed E-state index contributed by atoms with van der Waals surface area (Å²) in [6.07, 6.45) is 0. The number of thioether (sulfide) groups is 1. The van der Waals surface area contributed by atoms with Crippen LogP contribution in [0.1, 0.15) is 0 Å². The summed E-state index contributed by atoms with van der Waals surface area (Å²) in [5.74, 6) is 0. The van der Waals surface area contributed by atoms with Gasteiger partial charge in [-0.25, -0.2) is 9.59 Å². The van der Waals surface area contributed by atoms with Gasteiger partial charge < -0.3 is 9.47 Å². The van der Waals surface area contributed by atoms with Gasteiger partial charge in [-0.2, -0.15) is 0 Å². The Morgan fingerprint density at radius 1 is 1.11 bits per heavy atom. The lowest BCUT2D eigenvalue weighted by Crippen LogP contribution is -1.98. The molecule has 0 radical (unpaired) electrons. The maximum absolute atomic E-state index is 10.2. The van der Waals surface area contributed by atoms with E-state index in [1.54, 1.807) is 0 Å². The highest BCUT2D eigenvalue weighted by atomic mass is 32.2. The molecule has 0 saturated carbocycles. The van der Waals surface area contributed by atoms with E-state index < -0.39 is 10.6 Å². The fourth-order valence-corrected chi connectivity index (χ4v) is 0.454. The van der Waals surface area contributed by atoms with Crippen molar-refractivity contribution in [2.24, 2.45) is 0 Å². The van der Waals surface area contributed by atoms with Crippen LogP contribution >= 0.6 is 11.8 Å². The summed E-state index contributed by atoms with van der Waals surface area (Å²) in [6, 6.07) is 0. The molecule has 9 heavy (non-hydrogen) atoms. The Morgan fingerprint density at radius 2 is 1.44 bits per heavy atom. The van der Waals surface area contributed by atoms with Gasteiger partial charge in [-0.15, -0.1) is 0 Å². The van der Waals surface area contributed by atoms with Gasteiger partial charge in [0, 0.05) is 0 Å². The minimum atomic E-state index is -0.665. The van der Waals surface area contributed by atoms with E-state index >= 15 is 0 Å². The third kappa shape index (κ3) is 3.84. The van der Waals surface area contributed by atoms with Crippen LogP contribution in [0.25, 0.3) is 0 Å². The Labute approximate surface area is 56.5 Å². The Bertz CT molecular complexity index is 108. The first-order valence-electron chi connectivity index (χ1n) is 2.04. The van der Waals surface area contributed by atoms with E-state index in [0.717, 1.165) is 0 Å². The van der Waals surface area contributed by atoms with Gasteiger partial charge in [0.15, 0.2) is 0 Å². The summed E-state index contributed by atoms with van der Waals surface area (Å²) >= 11 is 0.377. The summed E-state index contributed by atoms with van der Waals surface area (Å²) in [6.45, 7) is 0. The predicted octanol–water partition coefficient (Wildman–Crippen LogP) is 1.25. The Balaban J connectivity index is 3.47. The average Bonchev–Trinajstić information content (AvgIpc) is 1.87. The topological polar surface area (TPSA) is 52.6 Å². The number of carbonyl (C=O) groups is 2. The van der Waals surface area contributed by atoms with Crippen LogP contribution in [-0.4, -0.2) is 24.8 Å². The molecule has 0 aliphatic rings. The summed E-state index contributed by atoms with van der Waals surface area (Å²) in [5, 5.41) is -1.33. The zero-order valence-electron chi connectivity index (χ0n) is 5.04. The highest BCUT2D eigenvalue weighted by molar-refractivity contribution is 8.25. The molecule has 0 aromatic rings. The highest BCUT2D eigenvalue weighted by Crippen LogP contribution is 2.06. The third-order valence-corrected chi connectivity index (χ3v) is 1.17. The maximum Gasteiger partial charge on any atom is 0.378 e.